The lowest BCUT2D eigenvalue weighted by Gasteiger charge is -2.23. The first-order chi connectivity index (χ1) is 9.20. The van der Waals surface area contributed by atoms with Crippen LogP contribution in [0.1, 0.15) is 19.0 Å². The van der Waals surface area contributed by atoms with Gasteiger partial charge in [0.05, 0.1) is 16.5 Å². The van der Waals surface area contributed by atoms with Crippen molar-refractivity contribution >= 4 is 29.0 Å². The molecule has 2 rings (SSSR count). The van der Waals surface area contributed by atoms with E-state index in [1.54, 1.807) is 23.1 Å². The minimum atomic E-state index is 0.0742. The van der Waals surface area contributed by atoms with Crippen LogP contribution >= 0.6 is 23.1 Å². The number of carbonyl (C=O) groups excluding carboxylic acids is 1. The van der Waals surface area contributed by atoms with Crippen LogP contribution in [0.3, 0.4) is 0 Å². The molecule has 0 bridgehead atoms. The SMILES string of the molecule is CS[C@H](C)C(=O)N1CCCN(Cc2cscn2)CC1. The molecule has 1 fully saturated rings. The summed E-state index contributed by atoms with van der Waals surface area (Å²) in [7, 11) is 0. The largest absolute Gasteiger partial charge is 0.340 e. The minimum absolute atomic E-state index is 0.0742. The Hall–Kier alpha value is -0.590. The van der Waals surface area contributed by atoms with Gasteiger partial charge in [-0.1, -0.05) is 0 Å². The maximum absolute atomic E-state index is 12.2. The molecule has 1 amide bonds. The van der Waals surface area contributed by atoms with Crippen molar-refractivity contribution in [3.05, 3.63) is 16.6 Å². The van der Waals surface area contributed by atoms with Crippen molar-refractivity contribution in [1.82, 2.24) is 14.8 Å². The number of aromatic nitrogens is 1. The highest BCUT2D eigenvalue weighted by molar-refractivity contribution is 7.99. The van der Waals surface area contributed by atoms with Gasteiger partial charge in [-0.2, -0.15) is 11.8 Å². The molecule has 19 heavy (non-hydrogen) atoms. The lowest BCUT2D eigenvalue weighted by atomic mass is 10.3. The second-order valence-electron chi connectivity index (χ2n) is 4.81. The Bertz CT molecular complexity index is 397. The fourth-order valence-corrected chi connectivity index (χ4v) is 3.15. The van der Waals surface area contributed by atoms with E-state index in [0.29, 0.717) is 0 Å². The molecule has 1 aliphatic rings. The zero-order chi connectivity index (χ0) is 13.7. The van der Waals surface area contributed by atoms with Crippen LogP contribution in [0.5, 0.6) is 0 Å². The van der Waals surface area contributed by atoms with Gasteiger partial charge in [0.25, 0.3) is 0 Å². The average Bonchev–Trinajstić information content (AvgIpc) is 2.82. The topological polar surface area (TPSA) is 36.4 Å². The number of hydrogen-bond acceptors (Lipinski definition) is 5. The monoisotopic (exact) mass is 299 g/mol. The molecule has 1 aromatic rings. The van der Waals surface area contributed by atoms with Gasteiger partial charge in [-0.25, -0.2) is 4.98 Å². The number of thiazole rings is 1. The van der Waals surface area contributed by atoms with E-state index in [-0.39, 0.29) is 11.2 Å². The van der Waals surface area contributed by atoms with Gasteiger partial charge in [-0.05, 0) is 19.6 Å². The van der Waals surface area contributed by atoms with E-state index in [4.69, 9.17) is 0 Å². The van der Waals surface area contributed by atoms with Crippen molar-refractivity contribution in [2.75, 3.05) is 32.4 Å². The van der Waals surface area contributed by atoms with E-state index in [1.807, 2.05) is 23.6 Å². The summed E-state index contributed by atoms with van der Waals surface area (Å²) in [5.74, 6) is 0.281. The van der Waals surface area contributed by atoms with Gasteiger partial charge >= 0.3 is 0 Å². The Labute approximate surface area is 123 Å². The summed E-state index contributed by atoms with van der Waals surface area (Å²) in [6, 6.07) is 0. The van der Waals surface area contributed by atoms with Crippen molar-refractivity contribution in [1.29, 1.82) is 0 Å². The molecule has 1 aromatic heterocycles. The highest BCUT2D eigenvalue weighted by Gasteiger charge is 2.22. The number of carbonyl (C=O) groups is 1. The predicted molar refractivity (Wildman–Crippen MR) is 81.6 cm³/mol. The molecule has 6 heteroatoms. The molecular formula is C13H21N3OS2. The third-order valence-electron chi connectivity index (χ3n) is 3.47. The molecule has 0 unspecified atom stereocenters. The summed E-state index contributed by atoms with van der Waals surface area (Å²) in [6.07, 6.45) is 3.05. The first kappa shape index (κ1) is 14.8. The summed E-state index contributed by atoms with van der Waals surface area (Å²) < 4.78 is 0. The number of amides is 1. The molecule has 0 N–H and O–H groups in total. The Kier molecular flexibility index (Phi) is 5.66. The molecule has 4 nitrogen and oxygen atoms in total. The summed E-state index contributed by atoms with van der Waals surface area (Å²) in [5.41, 5.74) is 3.02. The minimum Gasteiger partial charge on any atom is -0.340 e. The van der Waals surface area contributed by atoms with Crippen LogP contribution in [-0.4, -0.2) is 58.4 Å². The van der Waals surface area contributed by atoms with Crippen LogP contribution in [0.15, 0.2) is 10.9 Å². The fourth-order valence-electron chi connectivity index (χ4n) is 2.25. The van der Waals surface area contributed by atoms with Gasteiger partial charge in [-0.3, -0.25) is 9.69 Å². The predicted octanol–water partition coefficient (Wildman–Crippen LogP) is 1.93. The molecule has 0 aromatic carbocycles. The van der Waals surface area contributed by atoms with E-state index >= 15 is 0 Å². The Morgan fingerprint density at radius 2 is 2.32 bits per heavy atom. The van der Waals surface area contributed by atoms with E-state index < -0.39 is 0 Å². The lowest BCUT2D eigenvalue weighted by Crippen LogP contribution is -2.39. The van der Waals surface area contributed by atoms with Gasteiger partial charge in [0.2, 0.25) is 5.91 Å². The second-order valence-corrected chi connectivity index (χ2v) is 6.71. The van der Waals surface area contributed by atoms with Gasteiger partial charge in [-0.15, -0.1) is 11.3 Å². The van der Waals surface area contributed by atoms with Crippen LogP contribution in [-0.2, 0) is 11.3 Å². The molecule has 0 radical (unpaired) electrons. The highest BCUT2D eigenvalue weighted by atomic mass is 32.2. The highest BCUT2D eigenvalue weighted by Crippen LogP contribution is 2.13. The third-order valence-corrected chi connectivity index (χ3v) is 5.01. The molecule has 1 aliphatic heterocycles. The molecule has 1 atom stereocenters. The van der Waals surface area contributed by atoms with E-state index in [2.05, 4.69) is 15.3 Å². The maximum atomic E-state index is 12.2. The molecule has 1 saturated heterocycles. The molecule has 2 heterocycles. The zero-order valence-corrected chi connectivity index (χ0v) is 13.2. The van der Waals surface area contributed by atoms with Gasteiger partial charge in [0.1, 0.15) is 0 Å². The van der Waals surface area contributed by atoms with Crippen LogP contribution in [0, 0.1) is 0 Å². The van der Waals surface area contributed by atoms with Gasteiger partial charge in [0, 0.05) is 38.1 Å². The van der Waals surface area contributed by atoms with Crippen molar-refractivity contribution in [3.63, 3.8) is 0 Å². The van der Waals surface area contributed by atoms with Crippen LogP contribution in [0.4, 0.5) is 0 Å². The van der Waals surface area contributed by atoms with Crippen molar-refractivity contribution < 1.29 is 4.79 Å². The molecular weight excluding hydrogens is 278 g/mol. The van der Waals surface area contributed by atoms with E-state index in [1.165, 1.54) is 0 Å². The second kappa shape index (κ2) is 7.26. The van der Waals surface area contributed by atoms with Crippen LogP contribution < -0.4 is 0 Å². The number of nitrogens with zero attached hydrogens (tertiary/aromatic N) is 3. The standard InChI is InChI=1S/C13H21N3OS2/c1-11(18-2)13(17)16-5-3-4-15(6-7-16)8-12-9-19-10-14-12/h9-11H,3-8H2,1-2H3/t11-/m1/s1. The summed E-state index contributed by atoms with van der Waals surface area (Å²) in [6.45, 7) is 6.62. The Morgan fingerprint density at radius 1 is 1.47 bits per heavy atom. The average molecular weight is 299 g/mol. The molecule has 106 valence electrons. The smallest absolute Gasteiger partial charge is 0.235 e. The van der Waals surface area contributed by atoms with Gasteiger partial charge in [0.15, 0.2) is 0 Å². The molecule has 0 saturated carbocycles. The summed E-state index contributed by atoms with van der Waals surface area (Å²) >= 11 is 3.27. The van der Waals surface area contributed by atoms with Crippen LogP contribution in [0.2, 0.25) is 0 Å². The number of hydrogen-bond donors (Lipinski definition) is 0. The van der Waals surface area contributed by atoms with Crippen molar-refractivity contribution in [3.8, 4) is 0 Å². The van der Waals surface area contributed by atoms with Crippen molar-refractivity contribution in [2.24, 2.45) is 0 Å². The van der Waals surface area contributed by atoms with Crippen LogP contribution in [0.25, 0.3) is 0 Å². The summed E-state index contributed by atoms with van der Waals surface area (Å²) in [4.78, 5) is 20.9. The normalized spacial score (nSPS) is 19.2. The van der Waals surface area contributed by atoms with E-state index in [0.717, 1.165) is 44.8 Å². The quantitative estimate of drug-likeness (QED) is 0.851. The van der Waals surface area contributed by atoms with E-state index in [9.17, 15) is 4.79 Å². The Morgan fingerprint density at radius 3 is 3.00 bits per heavy atom. The zero-order valence-electron chi connectivity index (χ0n) is 11.5. The molecule has 0 spiro atoms. The fraction of sp³-hybridized carbons (Fsp3) is 0.692. The number of rotatable bonds is 4. The molecule has 0 aliphatic carbocycles. The lowest BCUT2D eigenvalue weighted by molar-refractivity contribution is -0.130. The van der Waals surface area contributed by atoms with Crippen molar-refractivity contribution in [2.45, 2.75) is 25.1 Å². The summed E-state index contributed by atoms with van der Waals surface area (Å²) in [5, 5.41) is 2.17. The Balaban J connectivity index is 1.86. The maximum Gasteiger partial charge on any atom is 0.235 e. The first-order valence-corrected chi connectivity index (χ1v) is 8.84. The number of thioether (sulfide) groups is 1. The van der Waals surface area contributed by atoms with Gasteiger partial charge < -0.3 is 4.90 Å². The third kappa shape index (κ3) is 4.19. The first-order valence-electron chi connectivity index (χ1n) is 6.61.